The summed E-state index contributed by atoms with van der Waals surface area (Å²) in [5.41, 5.74) is -1.24. The summed E-state index contributed by atoms with van der Waals surface area (Å²) in [6.45, 7) is 3.53. The molecule has 1 N–H and O–H groups in total. The lowest BCUT2D eigenvalue weighted by molar-refractivity contribution is -0.139. The first-order valence-corrected chi connectivity index (χ1v) is 6.49. The number of piperidine rings is 1. The molecule has 0 atom stereocenters. The zero-order valence-electron chi connectivity index (χ0n) is 11.5. The number of nitrogens with one attached hydrogen (secondary N) is 1. The fourth-order valence-electron chi connectivity index (χ4n) is 2.31. The molecule has 0 saturated carbocycles. The molecule has 1 heterocycles. The highest BCUT2D eigenvalue weighted by atomic mass is 19.4. The number of rotatable bonds is 3. The predicted octanol–water partition coefficient (Wildman–Crippen LogP) is 3.23. The number of alkyl halides is 3. The Hall–Kier alpha value is -1.43. The maximum Gasteiger partial charge on any atom is 0.420 e. The topological polar surface area (TPSA) is 30.5 Å². The van der Waals surface area contributed by atoms with E-state index in [1.54, 1.807) is 0 Å². The van der Waals surface area contributed by atoms with Crippen molar-refractivity contribution >= 4 is 0 Å². The number of hydrogen-bond acceptors (Lipinski definition) is 3. The molecule has 1 fully saturated rings. The van der Waals surface area contributed by atoms with Crippen molar-refractivity contribution in [2.24, 2.45) is 0 Å². The molecule has 0 spiro atoms. The van der Waals surface area contributed by atoms with Crippen LogP contribution in [-0.2, 0) is 6.18 Å². The molecule has 20 heavy (non-hydrogen) atoms. The molecule has 0 unspecified atom stereocenters. The third kappa shape index (κ3) is 3.36. The van der Waals surface area contributed by atoms with Gasteiger partial charge in [0.15, 0.2) is 0 Å². The molecule has 0 aliphatic carbocycles. The van der Waals surface area contributed by atoms with E-state index in [1.165, 1.54) is 19.2 Å². The second-order valence-corrected chi connectivity index (χ2v) is 5.16. The first kappa shape index (κ1) is 15.0. The number of hydrogen-bond donors (Lipinski definition) is 1. The molecule has 0 aromatic heterocycles. The van der Waals surface area contributed by atoms with E-state index in [4.69, 9.17) is 9.47 Å². The maximum absolute atomic E-state index is 12.9. The van der Waals surface area contributed by atoms with Gasteiger partial charge in [-0.15, -0.1) is 0 Å². The highest BCUT2D eigenvalue weighted by molar-refractivity contribution is 5.42. The molecule has 1 aromatic carbocycles. The Morgan fingerprint density at radius 1 is 1.20 bits per heavy atom. The van der Waals surface area contributed by atoms with Gasteiger partial charge in [-0.05, 0) is 51.1 Å². The van der Waals surface area contributed by atoms with Crippen molar-refractivity contribution in [3.05, 3.63) is 23.8 Å². The fourth-order valence-corrected chi connectivity index (χ4v) is 2.31. The minimum atomic E-state index is -4.46. The van der Waals surface area contributed by atoms with Gasteiger partial charge >= 0.3 is 6.18 Å². The van der Waals surface area contributed by atoms with Crippen LogP contribution < -0.4 is 14.8 Å². The minimum absolute atomic E-state index is 0.194. The van der Waals surface area contributed by atoms with E-state index in [9.17, 15) is 13.2 Å². The monoisotopic (exact) mass is 289 g/mol. The molecule has 0 amide bonds. The smallest absolute Gasteiger partial charge is 0.420 e. The molecule has 1 saturated heterocycles. The van der Waals surface area contributed by atoms with E-state index < -0.39 is 17.3 Å². The number of halogens is 3. The van der Waals surface area contributed by atoms with Crippen LogP contribution in [0.25, 0.3) is 0 Å². The molecule has 1 aromatic rings. The van der Waals surface area contributed by atoms with Gasteiger partial charge in [-0.25, -0.2) is 0 Å². The zero-order chi connectivity index (χ0) is 14.8. The summed E-state index contributed by atoms with van der Waals surface area (Å²) in [5, 5.41) is 3.20. The van der Waals surface area contributed by atoms with E-state index in [2.05, 4.69) is 5.32 Å². The van der Waals surface area contributed by atoms with Crippen molar-refractivity contribution in [1.29, 1.82) is 0 Å². The van der Waals surface area contributed by atoms with Crippen LogP contribution in [0.15, 0.2) is 18.2 Å². The average molecular weight is 289 g/mol. The van der Waals surface area contributed by atoms with E-state index in [1.807, 2.05) is 6.92 Å². The number of benzene rings is 1. The van der Waals surface area contributed by atoms with Gasteiger partial charge in [0.05, 0.1) is 7.11 Å². The number of ether oxygens (including phenoxy) is 2. The lowest BCUT2D eigenvalue weighted by Gasteiger charge is -2.34. The Morgan fingerprint density at radius 3 is 2.40 bits per heavy atom. The summed E-state index contributed by atoms with van der Waals surface area (Å²) >= 11 is 0. The van der Waals surface area contributed by atoms with Gasteiger partial charge in [-0.2, -0.15) is 13.2 Å². The van der Waals surface area contributed by atoms with Crippen molar-refractivity contribution in [3.63, 3.8) is 0 Å². The number of methoxy groups -OCH3 is 1. The first-order valence-electron chi connectivity index (χ1n) is 6.49. The Bertz CT molecular complexity index is 468. The molecule has 0 radical (unpaired) electrons. The van der Waals surface area contributed by atoms with Crippen molar-refractivity contribution in [2.45, 2.75) is 31.5 Å². The van der Waals surface area contributed by atoms with Crippen LogP contribution in [0.3, 0.4) is 0 Å². The second kappa shape index (κ2) is 5.52. The lowest BCUT2D eigenvalue weighted by atomic mass is 9.94. The van der Waals surface area contributed by atoms with E-state index in [0.717, 1.165) is 32.0 Å². The SMILES string of the molecule is COc1ccc(OC2(C)CCNCC2)cc1C(F)(F)F. The molecule has 112 valence electrons. The molecule has 6 heteroatoms. The standard InChI is InChI=1S/C14H18F3NO2/c1-13(5-7-18-8-6-13)20-10-3-4-12(19-2)11(9-10)14(15,16)17/h3-4,9,18H,5-8H2,1-2H3. The third-order valence-corrected chi connectivity index (χ3v) is 3.50. The van der Waals surface area contributed by atoms with Crippen LogP contribution >= 0.6 is 0 Å². The summed E-state index contributed by atoms with van der Waals surface area (Å²) in [6.07, 6.45) is -2.93. The van der Waals surface area contributed by atoms with Crippen LogP contribution in [0, 0.1) is 0 Å². The summed E-state index contributed by atoms with van der Waals surface area (Å²) in [4.78, 5) is 0. The van der Waals surface area contributed by atoms with Gasteiger partial charge in [0.2, 0.25) is 0 Å². The second-order valence-electron chi connectivity index (χ2n) is 5.16. The normalized spacial score (nSPS) is 18.6. The Kier molecular flexibility index (Phi) is 4.13. The predicted molar refractivity (Wildman–Crippen MR) is 69.1 cm³/mol. The zero-order valence-corrected chi connectivity index (χ0v) is 11.5. The van der Waals surface area contributed by atoms with Gasteiger partial charge in [-0.3, -0.25) is 0 Å². The Labute approximate surface area is 116 Å². The van der Waals surface area contributed by atoms with Gasteiger partial charge in [0.1, 0.15) is 22.7 Å². The molecule has 3 nitrogen and oxygen atoms in total. The molecular weight excluding hydrogens is 271 g/mol. The van der Waals surface area contributed by atoms with Gasteiger partial charge in [-0.1, -0.05) is 0 Å². The highest BCUT2D eigenvalue weighted by Gasteiger charge is 2.36. The molecule has 1 aliphatic heterocycles. The summed E-state index contributed by atoms with van der Waals surface area (Å²) < 4.78 is 49.4. The van der Waals surface area contributed by atoms with Crippen LogP contribution in [-0.4, -0.2) is 25.8 Å². The molecule has 2 rings (SSSR count). The molecule has 0 bridgehead atoms. The van der Waals surface area contributed by atoms with Crippen molar-refractivity contribution in [2.75, 3.05) is 20.2 Å². The van der Waals surface area contributed by atoms with Crippen LogP contribution in [0.5, 0.6) is 11.5 Å². The van der Waals surface area contributed by atoms with Gasteiger partial charge < -0.3 is 14.8 Å². The van der Waals surface area contributed by atoms with Crippen molar-refractivity contribution in [3.8, 4) is 11.5 Å². The van der Waals surface area contributed by atoms with Gasteiger partial charge in [0.25, 0.3) is 0 Å². The van der Waals surface area contributed by atoms with Crippen LogP contribution in [0.1, 0.15) is 25.3 Å². The molecule has 1 aliphatic rings. The summed E-state index contributed by atoms with van der Waals surface area (Å²) in [5.74, 6) is 0.0304. The largest absolute Gasteiger partial charge is 0.496 e. The Morgan fingerprint density at radius 2 is 1.85 bits per heavy atom. The fraction of sp³-hybridized carbons (Fsp3) is 0.571. The minimum Gasteiger partial charge on any atom is -0.496 e. The van der Waals surface area contributed by atoms with E-state index in [-0.39, 0.29) is 11.5 Å². The summed E-state index contributed by atoms with van der Waals surface area (Å²) in [7, 11) is 1.22. The molecular formula is C14H18F3NO2. The Balaban J connectivity index is 2.25. The quantitative estimate of drug-likeness (QED) is 0.926. The maximum atomic E-state index is 12.9. The summed E-state index contributed by atoms with van der Waals surface area (Å²) in [6, 6.07) is 3.82. The van der Waals surface area contributed by atoms with Crippen LogP contribution in [0.4, 0.5) is 13.2 Å². The first-order chi connectivity index (χ1) is 9.34. The van der Waals surface area contributed by atoms with Crippen molar-refractivity contribution < 1.29 is 22.6 Å². The highest BCUT2D eigenvalue weighted by Crippen LogP contribution is 2.39. The average Bonchev–Trinajstić information content (AvgIpc) is 2.38. The van der Waals surface area contributed by atoms with Crippen LogP contribution in [0.2, 0.25) is 0 Å². The lowest BCUT2D eigenvalue weighted by Crippen LogP contribution is -2.43. The van der Waals surface area contributed by atoms with Gasteiger partial charge in [0, 0.05) is 0 Å². The van der Waals surface area contributed by atoms with Crippen molar-refractivity contribution in [1.82, 2.24) is 5.32 Å². The third-order valence-electron chi connectivity index (χ3n) is 3.50. The van der Waals surface area contributed by atoms with E-state index in [0.29, 0.717) is 0 Å². The van der Waals surface area contributed by atoms with E-state index >= 15 is 0 Å².